The van der Waals surface area contributed by atoms with Crippen molar-refractivity contribution in [3.8, 4) is 0 Å². The highest BCUT2D eigenvalue weighted by atomic mass is 16.5. The van der Waals surface area contributed by atoms with E-state index < -0.39 is 0 Å². The largest absolute Gasteiger partial charge is 0.361 e. The van der Waals surface area contributed by atoms with Gasteiger partial charge in [-0.2, -0.15) is 0 Å². The quantitative estimate of drug-likeness (QED) is 0.921. The second-order valence-electron chi connectivity index (χ2n) is 7.47. The van der Waals surface area contributed by atoms with Crippen LogP contribution >= 0.6 is 0 Å². The lowest BCUT2D eigenvalue weighted by Gasteiger charge is -2.40. The Morgan fingerprint density at radius 2 is 1.88 bits per heavy atom. The molecule has 1 aromatic rings. The zero-order valence-corrected chi connectivity index (χ0v) is 14.4. The minimum Gasteiger partial charge on any atom is -0.361 e. The number of rotatable bonds is 4. The number of nitrogens with one attached hydrogen (secondary N) is 1. The number of hydrogen-bond donors (Lipinski definition) is 1. The van der Waals surface area contributed by atoms with Crippen LogP contribution in [0.15, 0.2) is 10.6 Å². The van der Waals surface area contributed by atoms with Crippen molar-refractivity contribution < 1.29 is 9.32 Å². The van der Waals surface area contributed by atoms with E-state index in [1.807, 2.05) is 11.0 Å². The number of carbonyl (C=O) groups is 1. The molecule has 0 atom stereocenters. The van der Waals surface area contributed by atoms with Gasteiger partial charge in [0.25, 0.3) is 0 Å². The standard InChI is InChI=1S/C18H28N4O2/c23-18(19-13-15-12-17(24-20-15)14-6-7-14)22-10-8-21(9-11-22)16-4-2-1-3-5-16/h12,14,16H,1-11,13H2,(H,19,23). The van der Waals surface area contributed by atoms with Gasteiger partial charge in [-0.15, -0.1) is 0 Å². The highest BCUT2D eigenvalue weighted by Gasteiger charge is 2.29. The van der Waals surface area contributed by atoms with E-state index in [4.69, 9.17) is 4.52 Å². The van der Waals surface area contributed by atoms with E-state index in [-0.39, 0.29) is 6.03 Å². The summed E-state index contributed by atoms with van der Waals surface area (Å²) >= 11 is 0. The van der Waals surface area contributed by atoms with Crippen LogP contribution in [0.3, 0.4) is 0 Å². The molecule has 2 saturated carbocycles. The predicted molar refractivity (Wildman–Crippen MR) is 90.7 cm³/mol. The zero-order chi connectivity index (χ0) is 16.4. The van der Waals surface area contributed by atoms with Crippen LogP contribution in [-0.2, 0) is 6.54 Å². The van der Waals surface area contributed by atoms with Crippen molar-refractivity contribution in [2.75, 3.05) is 26.2 Å². The van der Waals surface area contributed by atoms with Crippen LogP contribution in [0, 0.1) is 0 Å². The summed E-state index contributed by atoms with van der Waals surface area (Å²) in [5, 5.41) is 7.03. The summed E-state index contributed by atoms with van der Waals surface area (Å²) in [5.74, 6) is 1.54. The minimum absolute atomic E-state index is 0.0225. The highest BCUT2D eigenvalue weighted by molar-refractivity contribution is 5.74. The fourth-order valence-corrected chi connectivity index (χ4v) is 3.99. The molecule has 3 fully saturated rings. The predicted octanol–water partition coefficient (Wildman–Crippen LogP) is 2.71. The number of carbonyl (C=O) groups excluding carboxylic acids is 1. The molecule has 1 aromatic heterocycles. The van der Waals surface area contributed by atoms with Gasteiger partial charge in [0.15, 0.2) is 0 Å². The topological polar surface area (TPSA) is 61.6 Å². The highest BCUT2D eigenvalue weighted by Crippen LogP contribution is 2.40. The summed E-state index contributed by atoms with van der Waals surface area (Å²) in [6, 6.07) is 2.76. The molecule has 1 saturated heterocycles. The van der Waals surface area contributed by atoms with Crippen molar-refractivity contribution in [1.82, 2.24) is 20.3 Å². The van der Waals surface area contributed by atoms with Gasteiger partial charge in [0.2, 0.25) is 0 Å². The molecule has 6 nitrogen and oxygen atoms in total. The van der Waals surface area contributed by atoms with Crippen molar-refractivity contribution >= 4 is 6.03 Å². The first-order chi connectivity index (χ1) is 11.8. The van der Waals surface area contributed by atoms with Gasteiger partial charge in [0.1, 0.15) is 11.5 Å². The Morgan fingerprint density at radius 3 is 2.58 bits per heavy atom. The van der Waals surface area contributed by atoms with Crippen molar-refractivity contribution in [2.24, 2.45) is 0 Å². The molecule has 3 aliphatic rings. The molecule has 6 heteroatoms. The van der Waals surface area contributed by atoms with Crippen LogP contribution in [0.25, 0.3) is 0 Å². The average molecular weight is 332 g/mol. The second kappa shape index (κ2) is 7.13. The number of urea groups is 1. The maximum Gasteiger partial charge on any atom is 0.317 e. The van der Waals surface area contributed by atoms with Crippen molar-refractivity contribution in [3.63, 3.8) is 0 Å². The van der Waals surface area contributed by atoms with Crippen LogP contribution in [0.4, 0.5) is 4.79 Å². The maximum absolute atomic E-state index is 12.3. The Labute approximate surface area is 143 Å². The molecule has 1 aliphatic heterocycles. The number of piperazine rings is 1. The molecule has 2 heterocycles. The van der Waals surface area contributed by atoms with Crippen LogP contribution < -0.4 is 5.32 Å². The van der Waals surface area contributed by atoms with E-state index in [1.54, 1.807) is 0 Å². The van der Waals surface area contributed by atoms with Crippen LogP contribution in [0.2, 0.25) is 0 Å². The van der Waals surface area contributed by atoms with Gasteiger partial charge in [-0.05, 0) is 25.7 Å². The molecule has 0 bridgehead atoms. The summed E-state index contributed by atoms with van der Waals surface area (Å²) in [6.07, 6.45) is 9.20. The summed E-state index contributed by atoms with van der Waals surface area (Å²) < 4.78 is 5.33. The normalized spacial score (nSPS) is 23.4. The van der Waals surface area contributed by atoms with Crippen LogP contribution in [-0.4, -0.2) is 53.2 Å². The van der Waals surface area contributed by atoms with E-state index in [2.05, 4.69) is 15.4 Å². The third-order valence-electron chi connectivity index (χ3n) is 5.67. The lowest BCUT2D eigenvalue weighted by atomic mass is 9.94. The molecular weight excluding hydrogens is 304 g/mol. The summed E-state index contributed by atoms with van der Waals surface area (Å²) in [4.78, 5) is 16.9. The molecule has 0 aromatic carbocycles. The van der Waals surface area contributed by atoms with E-state index >= 15 is 0 Å². The van der Waals surface area contributed by atoms with E-state index in [9.17, 15) is 4.79 Å². The Kier molecular flexibility index (Phi) is 4.74. The Morgan fingerprint density at radius 1 is 1.12 bits per heavy atom. The molecule has 0 radical (unpaired) electrons. The number of nitrogens with zero attached hydrogens (tertiary/aromatic N) is 3. The van der Waals surface area contributed by atoms with Gasteiger partial charge in [-0.25, -0.2) is 4.79 Å². The summed E-state index contributed by atoms with van der Waals surface area (Å²) in [6.45, 7) is 4.13. The summed E-state index contributed by atoms with van der Waals surface area (Å²) in [5.41, 5.74) is 0.825. The molecule has 2 aliphatic carbocycles. The van der Waals surface area contributed by atoms with Crippen molar-refractivity contribution in [1.29, 1.82) is 0 Å². The fourth-order valence-electron chi connectivity index (χ4n) is 3.99. The molecule has 0 spiro atoms. The molecule has 132 valence electrons. The molecule has 0 unspecified atom stereocenters. The first-order valence-electron chi connectivity index (χ1n) is 9.52. The van der Waals surface area contributed by atoms with E-state index in [0.717, 1.165) is 43.7 Å². The Hall–Kier alpha value is -1.56. The van der Waals surface area contributed by atoms with Gasteiger partial charge in [-0.1, -0.05) is 24.4 Å². The SMILES string of the molecule is O=C(NCc1cc(C2CC2)on1)N1CCN(C2CCCCC2)CC1. The molecule has 24 heavy (non-hydrogen) atoms. The second-order valence-corrected chi connectivity index (χ2v) is 7.47. The lowest BCUT2D eigenvalue weighted by Crippen LogP contribution is -2.54. The van der Waals surface area contributed by atoms with Gasteiger partial charge in [-0.3, -0.25) is 4.90 Å². The van der Waals surface area contributed by atoms with Crippen molar-refractivity contribution in [3.05, 3.63) is 17.5 Å². The molecule has 1 N–H and O–H groups in total. The smallest absolute Gasteiger partial charge is 0.317 e. The van der Waals surface area contributed by atoms with Crippen molar-refractivity contribution in [2.45, 2.75) is 63.5 Å². The van der Waals surface area contributed by atoms with Gasteiger partial charge in [0.05, 0.1) is 6.54 Å². The number of aromatic nitrogens is 1. The number of amides is 2. The minimum atomic E-state index is 0.0225. The number of hydrogen-bond acceptors (Lipinski definition) is 4. The zero-order valence-electron chi connectivity index (χ0n) is 14.4. The lowest BCUT2D eigenvalue weighted by molar-refractivity contribution is 0.0904. The average Bonchev–Trinajstić information content (AvgIpc) is 3.39. The molecule has 2 amide bonds. The first-order valence-corrected chi connectivity index (χ1v) is 9.52. The van der Waals surface area contributed by atoms with Gasteiger partial charge >= 0.3 is 6.03 Å². The Balaban J connectivity index is 1.20. The van der Waals surface area contributed by atoms with Crippen LogP contribution in [0.1, 0.15) is 62.3 Å². The first kappa shape index (κ1) is 15.9. The Bertz CT molecular complexity index is 555. The third kappa shape index (κ3) is 3.74. The summed E-state index contributed by atoms with van der Waals surface area (Å²) in [7, 11) is 0. The van der Waals surface area contributed by atoms with E-state index in [0.29, 0.717) is 12.5 Å². The maximum atomic E-state index is 12.3. The van der Waals surface area contributed by atoms with E-state index in [1.165, 1.54) is 44.9 Å². The van der Waals surface area contributed by atoms with Gasteiger partial charge in [0, 0.05) is 44.2 Å². The molecule has 4 rings (SSSR count). The van der Waals surface area contributed by atoms with Gasteiger partial charge < -0.3 is 14.7 Å². The van der Waals surface area contributed by atoms with Crippen LogP contribution in [0.5, 0.6) is 0 Å². The third-order valence-corrected chi connectivity index (χ3v) is 5.67. The monoisotopic (exact) mass is 332 g/mol. The molecular formula is C18H28N4O2. The fraction of sp³-hybridized carbons (Fsp3) is 0.778.